The molecule has 21 heavy (non-hydrogen) atoms. The van der Waals surface area contributed by atoms with Gasteiger partial charge in [-0.25, -0.2) is 0 Å². The first-order valence-electron chi connectivity index (χ1n) is 7.77. The van der Waals surface area contributed by atoms with Crippen molar-refractivity contribution in [3.63, 3.8) is 0 Å². The number of rotatable bonds is 8. The van der Waals surface area contributed by atoms with Crippen LogP contribution in [0.4, 0.5) is 0 Å². The van der Waals surface area contributed by atoms with E-state index < -0.39 is 0 Å². The van der Waals surface area contributed by atoms with Crippen LogP contribution in [0.1, 0.15) is 53.2 Å². The molecule has 0 atom stereocenters. The van der Waals surface area contributed by atoms with E-state index in [-0.39, 0.29) is 11.4 Å². The third kappa shape index (κ3) is 6.71. The lowest BCUT2D eigenvalue weighted by molar-refractivity contribution is -0.130. The summed E-state index contributed by atoms with van der Waals surface area (Å²) in [4.78, 5) is 13.7. The Hall–Kier alpha value is -1.43. The van der Waals surface area contributed by atoms with Gasteiger partial charge in [-0.2, -0.15) is 0 Å². The minimum absolute atomic E-state index is 0.0694. The van der Waals surface area contributed by atoms with Gasteiger partial charge in [-0.15, -0.1) is 5.10 Å². The van der Waals surface area contributed by atoms with Crippen LogP contribution in [-0.4, -0.2) is 44.4 Å². The van der Waals surface area contributed by atoms with Crippen LogP contribution in [0.15, 0.2) is 6.20 Å². The molecule has 0 saturated carbocycles. The van der Waals surface area contributed by atoms with Crippen molar-refractivity contribution in [3.05, 3.63) is 11.9 Å². The maximum Gasteiger partial charge on any atom is 0.222 e. The molecular formula is C15H29N5O. The van der Waals surface area contributed by atoms with Gasteiger partial charge >= 0.3 is 0 Å². The van der Waals surface area contributed by atoms with Crippen LogP contribution in [0.3, 0.4) is 0 Å². The van der Waals surface area contributed by atoms with Crippen LogP contribution < -0.4 is 5.32 Å². The highest BCUT2D eigenvalue weighted by atomic mass is 16.2. The second-order valence-electron chi connectivity index (χ2n) is 6.25. The number of carbonyl (C=O) groups excluding carboxylic acids is 1. The Bertz CT molecular complexity index is 432. The number of amides is 1. The highest BCUT2D eigenvalue weighted by Crippen LogP contribution is 2.03. The molecule has 6 heteroatoms. The van der Waals surface area contributed by atoms with E-state index in [1.807, 2.05) is 29.6 Å². The number of nitrogens with zero attached hydrogens (tertiary/aromatic N) is 4. The second kappa shape index (κ2) is 8.12. The molecule has 0 spiro atoms. The van der Waals surface area contributed by atoms with Crippen molar-refractivity contribution in [2.24, 2.45) is 0 Å². The number of hydrogen-bond acceptors (Lipinski definition) is 4. The fraction of sp³-hybridized carbons (Fsp3) is 0.800. The zero-order valence-electron chi connectivity index (χ0n) is 14.0. The molecule has 1 aromatic heterocycles. The summed E-state index contributed by atoms with van der Waals surface area (Å²) < 4.78 is 1.81. The molecule has 1 rings (SSSR count). The Labute approximate surface area is 127 Å². The van der Waals surface area contributed by atoms with Gasteiger partial charge in [-0.05, 0) is 41.0 Å². The van der Waals surface area contributed by atoms with Gasteiger partial charge in [0.1, 0.15) is 0 Å². The SMILES string of the molecule is CCN(CC)C(=O)CCCn1cc(CNC(C)(C)C)nn1. The molecular weight excluding hydrogens is 266 g/mol. The van der Waals surface area contributed by atoms with Crippen molar-refractivity contribution in [2.45, 2.75) is 66.1 Å². The Balaban J connectivity index is 2.33. The quantitative estimate of drug-likeness (QED) is 0.794. The van der Waals surface area contributed by atoms with Crippen molar-refractivity contribution >= 4 is 5.91 Å². The molecule has 0 fully saturated rings. The molecule has 1 heterocycles. The normalized spacial score (nSPS) is 11.7. The Morgan fingerprint density at radius 3 is 2.57 bits per heavy atom. The largest absolute Gasteiger partial charge is 0.343 e. The second-order valence-corrected chi connectivity index (χ2v) is 6.25. The molecule has 0 aliphatic carbocycles. The summed E-state index contributed by atoms with van der Waals surface area (Å²) >= 11 is 0. The Morgan fingerprint density at radius 1 is 1.33 bits per heavy atom. The first kappa shape index (κ1) is 17.6. The number of carbonyl (C=O) groups is 1. The number of hydrogen-bond donors (Lipinski definition) is 1. The molecule has 1 aromatic rings. The summed E-state index contributed by atoms with van der Waals surface area (Å²) in [6, 6.07) is 0. The zero-order chi connectivity index (χ0) is 15.9. The van der Waals surface area contributed by atoms with Crippen molar-refractivity contribution in [1.82, 2.24) is 25.2 Å². The third-order valence-electron chi connectivity index (χ3n) is 3.28. The van der Waals surface area contributed by atoms with Gasteiger partial charge < -0.3 is 10.2 Å². The molecule has 120 valence electrons. The lowest BCUT2D eigenvalue weighted by Crippen LogP contribution is -2.35. The average Bonchev–Trinajstić information content (AvgIpc) is 2.85. The van der Waals surface area contributed by atoms with E-state index in [0.717, 1.165) is 31.7 Å². The monoisotopic (exact) mass is 295 g/mol. The summed E-state index contributed by atoms with van der Waals surface area (Å²) in [5.41, 5.74) is 1.000. The van der Waals surface area contributed by atoms with Gasteiger partial charge in [-0.1, -0.05) is 5.21 Å². The fourth-order valence-electron chi connectivity index (χ4n) is 2.01. The molecule has 0 aliphatic rings. The predicted octanol–water partition coefficient (Wildman–Crippen LogP) is 1.81. The summed E-state index contributed by atoms with van der Waals surface area (Å²) in [7, 11) is 0. The number of aromatic nitrogens is 3. The summed E-state index contributed by atoms with van der Waals surface area (Å²) in [6.45, 7) is 13.4. The Kier molecular flexibility index (Phi) is 6.81. The lowest BCUT2D eigenvalue weighted by Gasteiger charge is -2.19. The smallest absolute Gasteiger partial charge is 0.222 e. The van der Waals surface area contributed by atoms with Crippen molar-refractivity contribution in [3.8, 4) is 0 Å². The van der Waals surface area contributed by atoms with Crippen molar-refractivity contribution in [1.29, 1.82) is 0 Å². The van der Waals surface area contributed by atoms with Gasteiger partial charge in [0.15, 0.2) is 0 Å². The summed E-state index contributed by atoms with van der Waals surface area (Å²) in [5, 5.41) is 11.6. The third-order valence-corrected chi connectivity index (χ3v) is 3.28. The van der Waals surface area contributed by atoms with Crippen LogP contribution in [0, 0.1) is 0 Å². The highest BCUT2D eigenvalue weighted by molar-refractivity contribution is 5.75. The summed E-state index contributed by atoms with van der Waals surface area (Å²) in [5.74, 6) is 0.217. The van der Waals surface area contributed by atoms with E-state index in [9.17, 15) is 4.79 Å². The molecule has 6 nitrogen and oxygen atoms in total. The number of nitrogens with one attached hydrogen (secondary N) is 1. The predicted molar refractivity (Wildman–Crippen MR) is 83.8 cm³/mol. The molecule has 0 radical (unpaired) electrons. The first-order chi connectivity index (χ1) is 9.85. The van der Waals surface area contributed by atoms with E-state index in [1.165, 1.54) is 0 Å². The van der Waals surface area contributed by atoms with Crippen molar-refractivity contribution < 1.29 is 4.79 Å². The van der Waals surface area contributed by atoms with E-state index in [1.54, 1.807) is 0 Å². The van der Waals surface area contributed by atoms with Crippen molar-refractivity contribution in [2.75, 3.05) is 13.1 Å². The topological polar surface area (TPSA) is 63.1 Å². The maximum absolute atomic E-state index is 11.9. The molecule has 0 bridgehead atoms. The minimum Gasteiger partial charge on any atom is -0.343 e. The zero-order valence-corrected chi connectivity index (χ0v) is 14.0. The van der Waals surface area contributed by atoms with E-state index in [4.69, 9.17) is 0 Å². The maximum atomic E-state index is 11.9. The minimum atomic E-state index is 0.0694. The average molecular weight is 295 g/mol. The summed E-state index contributed by atoms with van der Waals surface area (Å²) in [6.07, 6.45) is 3.31. The fourth-order valence-corrected chi connectivity index (χ4v) is 2.01. The van der Waals surface area contributed by atoms with Crippen LogP contribution in [0.5, 0.6) is 0 Å². The molecule has 0 aliphatic heterocycles. The van der Waals surface area contributed by atoms with Gasteiger partial charge in [0.05, 0.1) is 5.69 Å². The van der Waals surface area contributed by atoms with Crippen LogP contribution in [0.25, 0.3) is 0 Å². The van der Waals surface area contributed by atoms with Crippen LogP contribution >= 0.6 is 0 Å². The van der Waals surface area contributed by atoms with E-state index >= 15 is 0 Å². The first-order valence-corrected chi connectivity index (χ1v) is 7.77. The molecule has 0 unspecified atom stereocenters. The van der Waals surface area contributed by atoms with Gasteiger partial charge in [0.25, 0.3) is 0 Å². The van der Waals surface area contributed by atoms with Gasteiger partial charge in [0, 0.05) is 44.3 Å². The molecule has 0 saturated heterocycles. The molecule has 1 N–H and O–H groups in total. The van der Waals surface area contributed by atoms with E-state index in [0.29, 0.717) is 13.0 Å². The Morgan fingerprint density at radius 2 is 2.00 bits per heavy atom. The molecule has 0 aromatic carbocycles. The van der Waals surface area contributed by atoms with Gasteiger partial charge in [0.2, 0.25) is 5.91 Å². The van der Waals surface area contributed by atoms with Crippen LogP contribution in [0.2, 0.25) is 0 Å². The number of aryl methyl sites for hydroxylation is 1. The highest BCUT2D eigenvalue weighted by Gasteiger charge is 2.11. The standard InChI is InChI=1S/C15H29N5O/c1-6-19(7-2)14(21)9-8-10-20-12-13(17-18-20)11-16-15(3,4)5/h12,16H,6-11H2,1-5H3. The lowest BCUT2D eigenvalue weighted by atomic mass is 10.1. The van der Waals surface area contributed by atoms with Crippen LogP contribution in [-0.2, 0) is 17.9 Å². The van der Waals surface area contributed by atoms with E-state index in [2.05, 4.69) is 36.4 Å². The van der Waals surface area contributed by atoms with Gasteiger partial charge in [-0.3, -0.25) is 9.48 Å². The molecule has 1 amide bonds.